The predicted octanol–water partition coefficient (Wildman–Crippen LogP) is 2.32. The highest BCUT2D eigenvalue weighted by atomic mass is 32.1. The molecule has 0 atom stereocenters. The van der Waals surface area contributed by atoms with Crippen molar-refractivity contribution < 1.29 is 4.74 Å². The molecule has 0 unspecified atom stereocenters. The molecule has 0 fully saturated rings. The first kappa shape index (κ1) is 12.4. The van der Waals surface area contributed by atoms with E-state index in [1.165, 1.54) is 0 Å². The Labute approximate surface area is 95.7 Å². The molecule has 0 aliphatic rings. The molecule has 0 saturated carbocycles. The number of nitrogens with one attached hydrogen (secondary N) is 1. The molecular weight excluding hydrogens is 210 g/mol. The molecule has 0 bridgehead atoms. The Balaban J connectivity index is 2.88. The lowest BCUT2D eigenvalue weighted by Crippen LogP contribution is -2.31. The third kappa shape index (κ3) is 3.14. The number of aryl methyl sites for hydroxylation is 1. The summed E-state index contributed by atoms with van der Waals surface area (Å²) in [5.41, 5.74) is -0.208. The van der Waals surface area contributed by atoms with E-state index < -0.39 is 0 Å². The van der Waals surface area contributed by atoms with E-state index in [1.54, 1.807) is 0 Å². The fraction of sp³-hybridized carbons (Fsp3) is 0.800. The van der Waals surface area contributed by atoms with Crippen LogP contribution in [0.1, 0.15) is 33.5 Å². The van der Waals surface area contributed by atoms with E-state index in [4.69, 9.17) is 17.0 Å². The SMILES string of the molecule is CCOC(C)(C)Cn1c(CC)n[nH]c1=S. The summed E-state index contributed by atoms with van der Waals surface area (Å²) < 4.78 is 8.32. The Hall–Kier alpha value is -0.680. The van der Waals surface area contributed by atoms with E-state index in [2.05, 4.69) is 31.0 Å². The zero-order valence-corrected chi connectivity index (χ0v) is 10.6. The van der Waals surface area contributed by atoms with Gasteiger partial charge in [0.1, 0.15) is 5.82 Å². The number of aromatic nitrogens is 3. The summed E-state index contributed by atoms with van der Waals surface area (Å²) in [4.78, 5) is 0. The fourth-order valence-electron chi connectivity index (χ4n) is 1.60. The lowest BCUT2D eigenvalue weighted by molar-refractivity contribution is -0.0231. The van der Waals surface area contributed by atoms with Gasteiger partial charge >= 0.3 is 0 Å². The highest BCUT2D eigenvalue weighted by Crippen LogP contribution is 2.14. The van der Waals surface area contributed by atoms with E-state index in [-0.39, 0.29) is 5.60 Å². The highest BCUT2D eigenvalue weighted by Gasteiger charge is 2.20. The molecule has 1 heterocycles. The standard InChI is InChI=1S/C10H19N3OS/c1-5-8-11-12-9(15)13(8)7-10(3,4)14-6-2/h5-7H2,1-4H3,(H,12,15). The van der Waals surface area contributed by atoms with Crippen LogP contribution in [0.3, 0.4) is 0 Å². The summed E-state index contributed by atoms with van der Waals surface area (Å²) in [6.45, 7) is 9.63. The molecule has 4 nitrogen and oxygen atoms in total. The van der Waals surface area contributed by atoms with E-state index in [0.717, 1.165) is 18.8 Å². The van der Waals surface area contributed by atoms with Gasteiger partial charge in [-0.3, -0.25) is 5.10 Å². The van der Waals surface area contributed by atoms with Gasteiger partial charge in [-0.25, -0.2) is 0 Å². The number of rotatable bonds is 5. The van der Waals surface area contributed by atoms with Crippen LogP contribution in [0.15, 0.2) is 0 Å². The Kier molecular flexibility index (Phi) is 4.04. The first-order valence-corrected chi connectivity index (χ1v) is 5.69. The smallest absolute Gasteiger partial charge is 0.195 e. The molecule has 5 heteroatoms. The number of aromatic amines is 1. The Bertz CT molecular complexity index is 367. The normalized spacial score (nSPS) is 12.0. The molecule has 1 N–H and O–H groups in total. The van der Waals surface area contributed by atoms with Crippen molar-refractivity contribution in [2.24, 2.45) is 0 Å². The number of ether oxygens (including phenoxy) is 1. The van der Waals surface area contributed by atoms with Crippen LogP contribution >= 0.6 is 12.2 Å². The minimum absolute atomic E-state index is 0.208. The third-order valence-electron chi connectivity index (χ3n) is 2.23. The summed E-state index contributed by atoms with van der Waals surface area (Å²) in [7, 11) is 0. The predicted molar refractivity (Wildman–Crippen MR) is 62.5 cm³/mol. The van der Waals surface area contributed by atoms with Crippen LogP contribution in [0.25, 0.3) is 0 Å². The first-order valence-electron chi connectivity index (χ1n) is 5.28. The summed E-state index contributed by atoms with van der Waals surface area (Å²) in [6.07, 6.45) is 0.870. The van der Waals surface area contributed by atoms with Crippen molar-refractivity contribution in [2.45, 2.75) is 46.3 Å². The van der Waals surface area contributed by atoms with Crippen molar-refractivity contribution in [2.75, 3.05) is 6.61 Å². The summed E-state index contributed by atoms with van der Waals surface area (Å²) in [6, 6.07) is 0. The summed E-state index contributed by atoms with van der Waals surface area (Å²) >= 11 is 5.18. The van der Waals surface area contributed by atoms with Crippen molar-refractivity contribution in [1.29, 1.82) is 0 Å². The van der Waals surface area contributed by atoms with Crippen molar-refractivity contribution in [1.82, 2.24) is 14.8 Å². The average Bonchev–Trinajstić information content (AvgIpc) is 2.47. The molecule has 0 radical (unpaired) electrons. The number of nitrogens with zero attached hydrogens (tertiary/aromatic N) is 2. The molecule has 0 aliphatic carbocycles. The Morgan fingerprint density at radius 1 is 1.47 bits per heavy atom. The summed E-state index contributed by atoms with van der Waals surface area (Å²) in [5.74, 6) is 0.979. The second kappa shape index (κ2) is 4.90. The molecule has 0 spiro atoms. The summed E-state index contributed by atoms with van der Waals surface area (Å²) in [5, 5.41) is 6.98. The van der Waals surface area contributed by atoms with Crippen molar-refractivity contribution >= 4 is 12.2 Å². The molecule has 0 aliphatic heterocycles. The van der Waals surface area contributed by atoms with Gasteiger partial charge < -0.3 is 9.30 Å². The van der Waals surface area contributed by atoms with E-state index >= 15 is 0 Å². The van der Waals surface area contributed by atoms with E-state index in [9.17, 15) is 0 Å². The van der Waals surface area contributed by atoms with E-state index in [0.29, 0.717) is 11.4 Å². The maximum Gasteiger partial charge on any atom is 0.195 e. The third-order valence-corrected chi connectivity index (χ3v) is 2.54. The van der Waals surface area contributed by atoms with Gasteiger partial charge in [-0.1, -0.05) is 6.92 Å². The van der Waals surface area contributed by atoms with Crippen LogP contribution in [0.2, 0.25) is 0 Å². The van der Waals surface area contributed by atoms with Crippen LogP contribution in [0.5, 0.6) is 0 Å². The monoisotopic (exact) mass is 229 g/mol. The topological polar surface area (TPSA) is 42.8 Å². The lowest BCUT2D eigenvalue weighted by atomic mass is 10.1. The van der Waals surface area contributed by atoms with Crippen LogP contribution < -0.4 is 0 Å². The Morgan fingerprint density at radius 3 is 2.67 bits per heavy atom. The second-order valence-corrected chi connectivity index (χ2v) is 4.46. The van der Waals surface area contributed by atoms with Crippen molar-refractivity contribution in [3.05, 3.63) is 10.6 Å². The minimum Gasteiger partial charge on any atom is -0.374 e. The van der Waals surface area contributed by atoms with Crippen LogP contribution in [-0.2, 0) is 17.7 Å². The van der Waals surface area contributed by atoms with Crippen molar-refractivity contribution in [3.63, 3.8) is 0 Å². The van der Waals surface area contributed by atoms with Crippen LogP contribution in [0.4, 0.5) is 0 Å². The molecular formula is C10H19N3OS. The van der Waals surface area contributed by atoms with Crippen molar-refractivity contribution in [3.8, 4) is 0 Å². The number of hydrogen-bond acceptors (Lipinski definition) is 3. The Morgan fingerprint density at radius 2 is 2.13 bits per heavy atom. The largest absolute Gasteiger partial charge is 0.374 e. The lowest BCUT2D eigenvalue weighted by Gasteiger charge is -2.25. The quantitative estimate of drug-likeness (QED) is 0.788. The molecule has 1 rings (SSSR count). The molecule has 1 aromatic rings. The van der Waals surface area contributed by atoms with Gasteiger partial charge in [0.05, 0.1) is 12.1 Å². The zero-order chi connectivity index (χ0) is 11.5. The van der Waals surface area contributed by atoms with Gasteiger partial charge in [0, 0.05) is 13.0 Å². The molecule has 0 amide bonds. The average molecular weight is 229 g/mol. The van der Waals surface area contributed by atoms with Crippen LogP contribution in [-0.4, -0.2) is 27.0 Å². The number of H-pyrrole nitrogens is 1. The van der Waals surface area contributed by atoms with Gasteiger partial charge in [0.2, 0.25) is 0 Å². The number of hydrogen-bond donors (Lipinski definition) is 1. The molecule has 0 aromatic carbocycles. The van der Waals surface area contributed by atoms with Gasteiger partial charge in [0.15, 0.2) is 4.77 Å². The van der Waals surface area contributed by atoms with Gasteiger partial charge in [-0.05, 0) is 33.0 Å². The molecule has 86 valence electrons. The molecule has 0 saturated heterocycles. The molecule has 15 heavy (non-hydrogen) atoms. The molecule has 1 aromatic heterocycles. The van der Waals surface area contributed by atoms with Gasteiger partial charge in [-0.15, -0.1) is 0 Å². The zero-order valence-electron chi connectivity index (χ0n) is 9.83. The minimum atomic E-state index is -0.208. The fourth-order valence-corrected chi connectivity index (χ4v) is 1.82. The van der Waals surface area contributed by atoms with Gasteiger partial charge in [-0.2, -0.15) is 5.10 Å². The first-order chi connectivity index (χ1) is 7.00. The van der Waals surface area contributed by atoms with Gasteiger partial charge in [0.25, 0.3) is 0 Å². The maximum atomic E-state index is 5.65. The second-order valence-electron chi connectivity index (χ2n) is 4.08. The van der Waals surface area contributed by atoms with Crippen LogP contribution in [0, 0.1) is 4.77 Å². The van der Waals surface area contributed by atoms with E-state index in [1.807, 2.05) is 11.5 Å². The highest BCUT2D eigenvalue weighted by molar-refractivity contribution is 7.71. The maximum absolute atomic E-state index is 5.65.